The molecule has 2 saturated heterocycles. The van der Waals surface area contributed by atoms with Crippen LogP contribution in [0.1, 0.15) is 56.3 Å². The fourth-order valence-corrected chi connectivity index (χ4v) is 4.13. The summed E-state index contributed by atoms with van der Waals surface area (Å²) >= 11 is 0. The van der Waals surface area contributed by atoms with Crippen molar-refractivity contribution in [2.45, 2.75) is 64.1 Å². The fourth-order valence-electron chi connectivity index (χ4n) is 4.13. The summed E-state index contributed by atoms with van der Waals surface area (Å²) in [5.41, 5.74) is 1.08. The molecule has 0 spiro atoms. The van der Waals surface area contributed by atoms with E-state index in [0.717, 1.165) is 12.8 Å². The first-order chi connectivity index (χ1) is 13.4. The molecule has 1 aromatic rings. The molecule has 0 saturated carbocycles. The maximum Gasteiger partial charge on any atom is 0.328 e. The summed E-state index contributed by atoms with van der Waals surface area (Å²) in [4.78, 5) is 36.2. The average Bonchev–Trinajstić information content (AvgIpc) is 3.00. The van der Waals surface area contributed by atoms with E-state index in [-0.39, 0.29) is 18.4 Å². The van der Waals surface area contributed by atoms with Gasteiger partial charge in [0.25, 0.3) is 5.91 Å². The second-order valence-electron chi connectivity index (χ2n) is 7.75. The van der Waals surface area contributed by atoms with Crippen LogP contribution in [-0.2, 0) is 14.3 Å². The molecule has 0 aliphatic carbocycles. The van der Waals surface area contributed by atoms with E-state index in [0.29, 0.717) is 35.7 Å². The molecule has 3 rings (SSSR count). The number of ether oxygens (including phenoxy) is 1. The molecular formula is C21H29N3O4. The Kier molecular flexibility index (Phi) is 6.67. The Morgan fingerprint density at radius 1 is 1.14 bits per heavy atom. The molecule has 7 nitrogen and oxygen atoms in total. The molecular weight excluding hydrogens is 358 g/mol. The molecule has 2 amide bonds. The van der Waals surface area contributed by atoms with Crippen molar-refractivity contribution in [3.63, 3.8) is 0 Å². The highest BCUT2D eigenvalue weighted by Crippen LogP contribution is 2.32. The Balaban J connectivity index is 1.47. The van der Waals surface area contributed by atoms with Gasteiger partial charge in [0, 0.05) is 29.8 Å². The van der Waals surface area contributed by atoms with E-state index in [4.69, 9.17) is 4.74 Å². The summed E-state index contributed by atoms with van der Waals surface area (Å²) in [6.45, 7) is 3.57. The molecule has 152 valence electrons. The third-order valence-electron chi connectivity index (χ3n) is 5.46. The maximum atomic E-state index is 12.4. The second-order valence-corrected chi connectivity index (χ2v) is 7.75. The topological polar surface area (TPSA) is 96.5 Å². The number of nitrogens with one attached hydrogen (secondary N) is 3. The first-order valence-corrected chi connectivity index (χ1v) is 10.1. The van der Waals surface area contributed by atoms with Gasteiger partial charge in [0.05, 0.1) is 6.61 Å². The van der Waals surface area contributed by atoms with E-state index in [1.807, 2.05) is 0 Å². The van der Waals surface area contributed by atoms with Crippen LogP contribution in [0, 0.1) is 5.92 Å². The highest BCUT2D eigenvalue weighted by Gasteiger charge is 2.34. The zero-order chi connectivity index (χ0) is 20.1. The number of benzene rings is 1. The third kappa shape index (κ3) is 5.32. The minimum absolute atomic E-state index is 0.0134. The maximum absolute atomic E-state index is 12.4. The van der Waals surface area contributed by atoms with Gasteiger partial charge >= 0.3 is 5.97 Å². The number of carbonyl (C=O) groups is 3. The number of anilines is 1. The normalized spacial score (nSPS) is 24.3. The molecule has 0 aromatic heterocycles. The SMILES string of the molecule is CCOC(=O)C(C)NC(=O)c1ccc(NC(=O)CC2CC3CCC(C2)N3)cc1. The van der Waals surface area contributed by atoms with Crippen molar-refractivity contribution < 1.29 is 19.1 Å². The van der Waals surface area contributed by atoms with Crippen molar-refractivity contribution in [2.24, 2.45) is 5.92 Å². The first kappa shape index (κ1) is 20.3. The van der Waals surface area contributed by atoms with Crippen LogP contribution in [0.15, 0.2) is 24.3 Å². The molecule has 2 fully saturated rings. The number of rotatable bonds is 7. The molecule has 0 radical (unpaired) electrons. The number of carbonyl (C=O) groups excluding carboxylic acids is 3. The smallest absolute Gasteiger partial charge is 0.328 e. The van der Waals surface area contributed by atoms with Gasteiger partial charge in [-0.25, -0.2) is 4.79 Å². The Bertz CT molecular complexity index is 707. The number of piperidine rings is 1. The van der Waals surface area contributed by atoms with Crippen molar-refractivity contribution in [3.8, 4) is 0 Å². The van der Waals surface area contributed by atoms with Gasteiger partial charge in [0.2, 0.25) is 5.91 Å². The van der Waals surface area contributed by atoms with Gasteiger partial charge in [0.15, 0.2) is 0 Å². The molecule has 2 bridgehead atoms. The van der Waals surface area contributed by atoms with Crippen molar-refractivity contribution in [1.82, 2.24) is 10.6 Å². The lowest BCUT2D eigenvalue weighted by atomic mass is 9.89. The molecule has 3 atom stereocenters. The molecule has 7 heteroatoms. The van der Waals surface area contributed by atoms with E-state index in [9.17, 15) is 14.4 Å². The largest absolute Gasteiger partial charge is 0.464 e. The summed E-state index contributed by atoms with van der Waals surface area (Å²) in [6, 6.07) is 7.10. The molecule has 2 heterocycles. The van der Waals surface area contributed by atoms with Crippen LogP contribution in [0.4, 0.5) is 5.69 Å². The minimum atomic E-state index is -0.716. The van der Waals surface area contributed by atoms with Crippen molar-refractivity contribution in [2.75, 3.05) is 11.9 Å². The third-order valence-corrected chi connectivity index (χ3v) is 5.46. The van der Waals surface area contributed by atoms with Crippen LogP contribution in [0.25, 0.3) is 0 Å². The molecule has 28 heavy (non-hydrogen) atoms. The first-order valence-electron chi connectivity index (χ1n) is 10.1. The summed E-state index contributed by atoms with van der Waals surface area (Å²) in [7, 11) is 0. The van der Waals surface area contributed by atoms with Gasteiger partial charge in [0.1, 0.15) is 6.04 Å². The van der Waals surface area contributed by atoms with Gasteiger partial charge in [-0.1, -0.05) is 0 Å². The van der Waals surface area contributed by atoms with Gasteiger partial charge in [-0.05, 0) is 69.7 Å². The Labute approximate surface area is 165 Å². The predicted molar refractivity (Wildman–Crippen MR) is 106 cm³/mol. The summed E-state index contributed by atoms with van der Waals surface area (Å²) < 4.78 is 4.88. The Morgan fingerprint density at radius 2 is 1.79 bits per heavy atom. The fraction of sp³-hybridized carbons (Fsp3) is 0.571. The van der Waals surface area contributed by atoms with Crippen LogP contribution in [0.5, 0.6) is 0 Å². The quantitative estimate of drug-likeness (QED) is 0.624. The Morgan fingerprint density at radius 3 is 2.39 bits per heavy atom. The minimum Gasteiger partial charge on any atom is -0.464 e. The lowest BCUT2D eigenvalue weighted by Crippen LogP contribution is -2.39. The number of amides is 2. The van der Waals surface area contributed by atoms with E-state index in [1.54, 1.807) is 38.1 Å². The highest BCUT2D eigenvalue weighted by atomic mass is 16.5. The lowest BCUT2D eigenvalue weighted by Gasteiger charge is -2.28. The van der Waals surface area contributed by atoms with Crippen LogP contribution in [0.3, 0.4) is 0 Å². The van der Waals surface area contributed by atoms with Crippen LogP contribution in [0.2, 0.25) is 0 Å². The highest BCUT2D eigenvalue weighted by molar-refractivity contribution is 5.97. The van der Waals surface area contributed by atoms with Gasteiger partial charge in [-0.15, -0.1) is 0 Å². The van der Waals surface area contributed by atoms with Crippen molar-refractivity contribution >= 4 is 23.5 Å². The number of hydrogen-bond acceptors (Lipinski definition) is 5. The molecule has 3 N–H and O–H groups in total. The molecule has 1 aromatic carbocycles. The van der Waals surface area contributed by atoms with Gasteiger partial charge in [-0.2, -0.15) is 0 Å². The average molecular weight is 387 g/mol. The zero-order valence-corrected chi connectivity index (χ0v) is 16.5. The van der Waals surface area contributed by atoms with Crippen LogP contribution < -0.4 is 16.0 Å². The Hall–Kier alpha value is -2.41. The van der Waals surface area contributed by atoms with Gasteiger partial charge < -0.3 is 20.7 Å². The van der Waals surface area contributed by atoms with Crippen LogP contribution >= 0.6 is 0 Å². The molecule has 3 unspecified atom stereocenters. The van der Waals surface area contributed by atoms with Crippen LogP contribution in [-0.4, -0.2) is 42.5 Å². The number of esters is 1. The van der Waals surface area contributed by atoms with E-state index in [2.05, 4.69) is 16.0 Å². The monoisotopic (exact) mass is 387 g/mol. The van der Waals surface area contributed by atoms with E-state index < -0.39 is 12.0 Å². The van der Waals surface area contributed by atoms with Crippen molar-refractivity contribution in [1.29, 1.82) is 0 Å². The number of hydrogen-bond donors (Lipinski definition) is 3. The van der Waals surface area contributed by atoms with E-state index in [1.165, 1.54) is 12.8 Å². The summed E-state index contributed by atoms with van der Waals surface area (Å²) in [6.07, 6.45) is 5.12. The van der Waals surface area contributed by atoms with E-state index >= 15 is 0 Å². The number of fused-ring (bicyclic) bond motifs is 2. The summed E-state index contributed by atoms with van der Waals surface area (Å²) in [5.74, 6) is -0.373. The zero-order valence-electron chi connectivity index (χ0n) is 16.5. The standard InChI is InChI=1S/C21H29N3O4/c1-3-28-21(27)13(2)22-20(26)15-4-6-16(7-5-15)24-19(25)12-14-10-17-8-9-18(11-14)23-17/h4-7,13-14,17-18,23H,3,8-12H2,1-2H3,(H,22,26)(H,24,25). The lowest BCUT2D eigenvalue weighted by molar-refractivity contribution is -0.144. The predicted octanol–water partition coefficient (Wildman–Crippen LogP) is 2.23. The van der Waals surface area contributed by atoms with Gasteiger partial charge in [-0.3, -0.25) is 9.59 Å². The summed E-state index contributed by atoms with van der Waals surface area (Å²) in [5, 5.41) is 9.11. The van der Waals surface area contributed by atoms with Crippen molar-refractivity contribution in [3.05, 3.63) is 29.8 Å². The second kappa shape index (κ2) is 9.19. The molecule has 2 aliphatic rings. The molecule has 2 aliphatic heterocycles.